The van der Waals surface area contributed by atoms with Gasteiger partial charge in [0.15, 0.2) is 11.8 Å². The van der Waals surface area contributed by atoms with Crippen molar-refractivity contribution in [2.75, 3.05) is 13.2 Å². The molecular weight excluding hydrogens is 469 g/mol. The van der Waals surface area contributed by atoms with Crippen LogP contribution in [0.5, 0.6) is 0 Å². The molecule has 0 bridgehead atoms. The summed E-state index contributed by atoms with van der Waals surface area (Å²) < 4.78 is 10.8. The third-order valence-electron chi connectivity index (χ3n) is 5.10. The van der Waals surface area contributed by atoms with Crippen LogP contribution in [0, 0.1) is 5.92 Å². The Balaban J connectivity index is 0.00000392. The molecule has 2 N–H and O–H groups in total. The Bertz CT molecular complexity index is 561. The average Bonchev–Trinajstić information content (AvgIpc) is 3.15. The lowest BCUT2D eigenvalue weighted by Gasteiger charge is -2.24. The van der Waals surface area contributed by atoms with Crippen molar-refractivity contribution in [3.63, 3.8) is 0 Å². The monoisotopic (exact) mass is 507 g/mol. The number of nitrogens with one attached hydrogen (secondary N) is 2. The van der Waals surface area contributed by atoms with Gasteiger partial charge in [0.2, 0.25) is 5.89 Å². The summed E-state index contributed by atoms with van der Waals surface area (Å²) in [5.41, 5.74) is 0. The molecule has 7 nitrogen and oxygen atoms in total. The molecule has 0 aliphatic heterocycles. The summed E-state index contributed by atoms with van der Waals surface area (Å²) in [7, 11) is 0. The third-order valence-corrected chi connectivity index (χ3v) is 5.10. The first-order valence-corrected chi connectivity index (χ1v) is 10.6. The van der Waals surface area contributed by atoms with Crippen molar-refractivity contribution in [2.45, 2.75) is 91.3 Å². The molecule has 1 fully saturated rings. The summed E-state index contributed by atoms with van der Waals surface area (Å²) in [5.74, 6) is 2.78. The SMILES string of the molecule is CCNC(=NCc1nc(C(C)OCC)no1)NC(C)CCC1CCCCC1.I. The summed E-state index contributed by atoms with van der Waals surface area (Å²) in [6.07, 6.45) is 9.35. The van der Waals surface area contributed by atoms with Crippen LogP contribution in [0.3, 0.4) is 0 Å². The molecule has 28 heavy (non-hydrogen) atoms. The van der Waals surface area contributed by atoms with E-state index in [2.05, 4.69) is 39.6 Å². The number of ether oxygens (including phenoxy) is 1. The van der Waals surface area contributed by atoms with E-state index >= 15 is 0 Å². The second-order valence-corrected chi connectivity index (χ2v) is 7.47. The Morgan fingerprint density at radius 3 is 2.68 bits per heavy atom. The van der Waals surface area contributed by atoms with Crippen molar-refractivity contribution in [2.24, 2.45) is 10.9 Å². The van der Waals surface area contributed by atoms with E-state index in [9.17, 15) is 0 Å². The average molecular weight is 507 g/mol. The van der Waals surface area contributed by atoms with Gasteiger partial charge in [-0.2, -0.15) is 4.98 Å². The maximum absolute atomic E-state index is 5.49. The Kier molecular flexibility index (Phi) is 12.7. The van der Waals surface area contributed by atoms with E-state index in [1.54, 1.807) is 0 Å². The zero-order chi connectivity index (χ0) is 19.5. The maximum Gasteiger partial charge on any atom is 0.248 e. The van der Waals surface area contributed by atoms with Gasteiger partial charge < -0.3 is 19.9 Å². The maximum atomic E-state index is 5.49. The molecule has 8 heteroatoms. The number of hydrogen-bond donors (Lipinski definition) is 2. The first-order chi connectivity index (χ1) is 13.1. The zero-order valence-electron chi connectivity index (χ0n) is 17.9. The third kappa shape index (κ3) is 9.07. The predicted molar refractivity (Wildman–Crippen MR) is 123 cm³/mol. The summed E-state index contributed by atoms with van der Waals surface area (Å²) >= 11 is 0. The molecule has 162 valence electrons. The van der Waals surface area contributed by atoms with Crippen molar-refractivity contribution in [1.82, 2.24) is 20.8 Å². The van der Waals surface area contributed by atoms with Gasteiger partial charge >= 0.3 is 0 Å². The predicted octanol–water partition coefficient (Wildman–Crippen LogP) is 4.59. The lowest BCUT2D eigenvalue weighted by molar-refractivity contribution is 0.0683. The topological polar surface area (TPSA) is 84.6 Å². The highest BCUT2D eigenvalue weighted by Gasteiger charge is 2.16. The molecule has 2 rings (SSSR count). The molecule has 2 unspecified atom stereocenters. The molecule has 1 heterocycles. The summed E-state index contributed by atoms with van der Waals surface area (Å²) in [4.78, 5) is 8.97. The van der Waals surface area contributed by atoms with Crippen LogP contribution >= 0.6 is 24.0 Å². The van der Waals surface area contributed by atoms with Crippen LogP contribution < -0.4 is 10.6 Å². The Morgan fingerprint density at radius 2 is 2.00 bits per heavy atom. The van der Waals surface area contributed by atoms with E-state index in [0.29, 0.717) is 30.9 Å². The van der Waals surface area contributed by atoms with Gasteiger partial charge in [-0.25, -0.2) is 4.99 Å². The van der Waals surface area contributed by atoms with Crippen molar-refractivity contribution in [1.29, 1.82) is 0 Å². The molecule has 1 aromatic rings. The van der Waals surface area contributed by atoms with Crippen molar-refractivity contribution < 1.29 is 9.26 Å². The highest BCUT2D eigenvalue weighted by molar-refractivity contribution is 14.0. The van der Waals surface area contributed by atoms with E-state index in [1.165, 1.54) is 44.9 Å². The van der Waals surface area contributed by atoms with Crippen LogP contribution in [-0.4, -0.2) is 35.3 Å². The minimum atomic E-state index is -0.164. The Morgan fingerprint density at radius 1 is 1.25 bits per heavy atom. The van der Waals surface area contributed by atoms with Crippen molar-refractivity contribution in [3.05, 3.63) is 11.7 Å². The second-order valence-electron chi connectivity index (χ2n) is 7.47. The quantitative estimate of drug-likeness (QED) is 0.274. The van der Waals surface area contributed by atoms with E-state index in [4.69, 9.17) is 9.26 Å². The molecule has 0 radical (unpaired) electrons. The molecule has 0 amide bonds. The van der Waals surface area contributed by atoms with Crippen LogP contribution in [0.4, 0.5) is 0 Å². The minimum Gasteiger partial charge on any atom is -0.371 e. The number of aromatic nitrogens is 2. The fourth-order valence-corrected chi connectivity index (χ4v) is 3.56. The lowest BCUT2D eigenvalue weighted by atomic mass is 9.85. The largest absolute Gasteiger partial charge is 0.371 e. The van der Waals surface area contributed by atoms with Gasteiger partial charge in [-0.05, 0) is 46.5 Å². The molecule has 1 aliphatic carbocycles. The number of aliphatic imine (C=N–C) groups is 1. The molecular formula is C20H38IN5O2. The standard InChI is InChI=1S/C20H37N5O2.HI/c1-5-21-20(23-15(3)12-13-17-10-8-7-9-11-17)22-14-18-24-19(25-27-18)16(4)26-6-2;/h15-17H,5-14H2,1-4H3,(H2,21,22,23);1H. The van der Waals surface area contributed by atoms with Crippen LogP contribution in [0.1, 0.15) is 90.5 Å². The minimum absolute atomic E-state index is 0. The fraction of sp³-hybridized carbons (Fsp3) is 0.850. The van der Waals surface area contributed by atoms with Gasteiger partial charge in [-0.3, -0.25) is 0 Å². The molecule has 1 aliphatic rings. The Labute approximate surface area is 186 Å². The highest BCUT2D eigenvalue weighted by atomic mass is 127. The van der Waals surface area contributed by atoms with Crippen LogP contribution in [0.15, 0.2) is 9.52 Å². The van der Waals surface area contributed by atoms with Gasteiger partial charge in [0, 0.05) is 19.2 Å². The molecule has 0 aromatic carbocycles. The van der Waals surface area contributed by atoms with E-state index < -0.39 is 0 Å². The first kappa shape index (κ1) is 25.1. The van der Waals surface area contributed by atoms with Gasteiger partial charge in [0.25, 0.3) is 0 Å². The zero-order valence-corrected chi connectivity index (χ0v) is 20.2. The van der Waals surface area contributed by atoms with E-state index in [1.807, 2.05) is 13.8 Å². The number of halogens is 1. The van der Waals surface area contributed by atoms with Crippen LogP contribution in [0.25, 0.3) is 0 Å². The number of guanidine groups is 1. The molecule has 0 spiro atoms. The first-order valence-electron chi connectivity index (χ1n) is 10.6. The van der Waals surface area contributed by atoms with Crippen LogP contribution in [0.2, 0.25) is 0 Å². The number of hydrogen-bond acceptors (Lipinski definition) is 5. The highest BCUT2D eigenvalue weighted by Crippen LogP contribution is 2.27. The van der Waals surface area contributed by atoms with Crippen molar-refractivity contribution >= 4 is 29.9 Å². The molecule has 1 aromatic heterocycles. The molecule has 0 saturated heterocycles. The van der Waals surface area contributed by atoms with Gasteiger partial charge in [0.05, 0.1) is 0 Å². The summed E-state index contributed by atoms with van der Waals surface area (Å²) in [6.45, 7) is 9.96. The Hall–Kier alpha value is -0.900. The lowest BCUT2D eigenvalue weighted by Crippen LogP contribution is -2.42. The molecule has 1 saturated carbocycles. The van der Waals surface area contributed by atoms with E-state index in [0.717, 1.165) is 18.4 Å². The fourth-order valence-electron chi connectivity index (χ4n) is 3.56. The number of nitrogens with zero attached hydrogens (tertiary/aromatic N) is 3. The van der Waals surface area contributed by atoms with Gasteiger partial charge in [-0.15, -0.1) is 24.0 Å². The van der Waals surface area contributed by atoms with Crippen molar-refractivity contribution in [3.8, 4) is 0 Å². The normalized spacial score (nSPS) is 17.6. The molecule has 2 atom stereocenters. The smallest absolute Gasteiger partial charge is 0.248 e. The summed E-state index contributed by atoms with van der Waals surface area (Å²) in [6, 6.07) is 0.390. The van der Waals surface area contributed by atoms with Gasteiger partial charge in [-0.1, -0.05) is 37.3 Å². The van der Waals surface area contributed by atoms with Crippen LogP contribution in [-0.2, 0) is 11.3 Å². The number of rotatable bonds is 10. The second kappa shape index (κ2) is 14.1. The summed E-state index contributed by atoms with van der Waals surface area (Å²) in [5, 5.41) is 10.8. The van der Waals surface area contributed by atoms with Gasteiger partial charge in [0.1, 0.15) is 12.6 Å². The van der Waals surface area contributed by atoms with E-state index in [-0.39, 0.29) is 30.1 Å².